The van der Waals surface area contributed by atoms with Crippen molar-refractivity contribution in [1.29, 1.82) is 0 Å². The highest BCUT2D eigenvalue weighted by atomic mass is 16.8. The minimum absolute atomic E-state index is 0.233. The average molecular weight is 504 g/mol. The first kappa shape index (κ1) is 25.6. The second-order valence-corrected chi connectivity index (χ2v) is 8.09. The molecule has 4 rings (SSSR count). The van der Waals surface area contributed by atoms with Gasteiger partial charge in [0.25, 0.3) is 0 Å². The molecule has 1 heterocycles. The molecular formula is C28H24O9. The van der Waals surface area contributed by atoms with Crippen LogP contribution in [0.15, 0.2) is 91.0 Å². The molecule has 3 aromatic rings. The minimum atomic E-state index is -1.40. The second-order valence-electron chi connectivity index (χ2n) is 8.09. The predicted molar refractivity (Wildman–Crippen MR) is 128 cm³/mol. The van der Waals surface area contributed by atoms with E-state index in [1.54, 1.807) is 91.0 Å². The van der Waals surface area contributed by atoms with Crippen LogP contribution in [0.3, 0.4) is 0 Å². The molecular weight excluding hydrogens is 480 g/mol. The maximum Gasteiger partial charge on any atom is 0.338 e. The smallest absolute Gasteiger partial charge is 0.338 e. The van der Waals surface area contributed by atoms with Gasteiger partial charge in [-0.2, -0.15) is 0 Å². The van der Waals surface area contributed by atoms with Crippen molar-refractivity contribution in [3.05, 3.63) is 108 Å². The first-order chi connectivity index (χ1) is 17.9. The Balaban J connectivity index is 1.58. The SMILES string of the molecule is CC(=O)OC1O[C@@H](COC(=O)c2ccccc2)[C@H](OC(=O)c2ccccc2)[C@@H]1OC(=O)c1ccccc1. The second kappa shape index (κ2) is 12.0. The number of hydrogen-bond donors (Lipinski definition) is 0. The summed E-state index contributed by atoms with van der Waals surface area (Å²) >= 11 is 0. The highest BCUT2D eigenvalue weighted by Crippen LogP contribution is 2.30. The molecule has 1 aliphatic heterocycles. The first-order valence-electron chi connectivity index (χ1n) is 11.5. The van der Waals surface area contributed by atoms with Gasteiger partial charge in [0.1, 0.15) is 12.7 Å². The van der Waals surface area contributed by atoms with Gasteiger partial charge in [0.05, 0.1) is 16.7 Å². The lowest BCUT2D eigenvalue weighted by Gasteiger charge is -2.24. The lowest BCUT2D eigenvalue weighted by atomic mass is 10.1. The van der Waals surface area contributed by atoms with E-state index in [1.165, 1.54) is 0 Å². The van der Waals surface area contributed by atoms with Gasteiger partial charge in [-0.1, -0.05) is 54.6 Å². The summed E-state index contributed by atoms with van der Waals surface area (Å²) in [6.07, 6.45) is -5.09. The highest BCUT2D eigenvalue weighted by molar-refractivity contribution is 5.91. The molecule has 0 spiro atoms. The molecule has 0 aliphatic carbocycles. The molecule has 9 heteroatoms. The third-order valence-corrected chi connectivity index (χ3v) is 5.44. The number of rotatable bonds is 8. The summed E-state index contributed by atoms with van der Waals surface area (Å²) in [5.41, 5.74) is 0.782. The van der Waals surface area contributed by atoms with Gasteiger partial charge in [-0.05, 0) is 36.4 Å². The van der Waals surface area contributed by atoms with Gasteiger partial charge in [-0.15, -0.1) is 0 Å². The van der Waals surface area contributed by atoms with Crippen molar-refractivity contribution >= 4 is 23.9 Å². The maximum atomic E-state index is 12.9. The van der Waals surface area contributed by atoms with Crippen LogP contribution in [0.1, 0.15) is 38.0 Å². The van der Waals surface area contributed by atoms with E-state index in [1.807, 2.05) is 0 Å². The molecule has 0 N–H and O–H groups in total. The van der Waals surface area contributed by atoms with E-state index >= 15 is 0 Å². The summed E-state index contributed by atoms with van der Waals surface area (Å²) in [4.78, 5) is 50.0. The summed E-state index contributed by atoms with van der Waals surface area (Å²) in [7, 11) is 0. The standard InChI is InChI=1S/C28H24O9/c1-18(29)34-28-24(37-27(32)21-15-9-4-10-16-21)23(36-26(31)20-13-7-3-8-14-20)22(35-28)17-33-25(30)19-11-5-2-6-12-19/h2-16,22-24,28H,17H2,1H3/t22-,23-,24-,28?/m0/s1. The van der Waals surface area contributed by atoms with Crippen molar-refractivity contribution in [2.75, 3.05) is 6.61 Å². The molecule has 9 nitrogen and oxygen atoms in total. The fourth-order valence-electron chi connectivity index (χ4n) is 3.70. The van der Waals surface area contributed by atoms with Gasteiger partial charge in [0.2, 0.25) is 12.4 Å². The van der Waals surface area contributed by atoms with Crippen LogP contribution < -0.4 is 0 Å². The lowest BCUT2D eigenvalue weighted by molar-refractivity contribution is -0.187. The molecule has 1 unspecified atom stereocenters. The van der Waals surface area contributed by atoms with Gasteiger partial charge in [0, 0.05) is 6.92 Å². The summed E-state index contributed by atoms with van der Waals surface area (Å²) < 4.78 is 27.7. The third-order valence-electron chi connectivity index (χ3n) is 5.44. The van der Waals surface area contributed by atoms with E-state index in [9.17, 15) is 19.2 Å². The van der Waals surface area contributed by atoms with Crippen LogP contribution in [0.5, 0.6) is 0 Å². The fraction of sp³-hybridized carbons (Fsp3) is 0.214. The Morgan fingerprint density at radius 3 is 1.51 bits per heavy atom. The van der Waals surface area contributed by atoms with Crippen molar-refractivity contribution in [3.8, 4) is 0 Å². The van der Waals surface area contributed by atoms with E-state index in [-0.39, 0.29) is 17.7 Å². The number of carbonyl (C=O) groups excluding carboxylic acids is 4. The lowest BCUT2D eigenvalue weighted by Crippen LogP contribution is -2.42. The summed E-state index contributed by atoms with van der Waals surface area (Å²) in [5.74, 6) is -2.81. The zero-order chi connectivity index (χ0) is 26.2. The van der Waals surface area contributed by atoms with E-state index in [2.05, 4.69) is 0 Å². The van der Waals surface area contributed by atoms with Crippen LogP contribution in [0, 0.1) is 0 Å². The molecule has 0 aromatic heterocycles. The predicted octanol–water partition coefficient (Wildman–Crippen LogP) is 3.58. The largest absolute Gasteiger partial charge is 0.459 e. The van der Waals surface area contributed by atoms with Gasteiger partial charge in [-0.25, -0.2) is 14.4 Å². The molecule has 37 heavy (non-hydrogen) atoms. The average Bonchev–Trinajstić information content (AvgIpc) is 3.23. The number of carbonyl (C=O) groups is 4. The quantitative estimate of drug-likeness (QED) is 0.335. The summed E-state index contributed by atoms with van der Waals surface area (Å²) in [5, 5.41) is 0. The van der Waals surface area contributed by atoms with Gasteiger partial charge < -0.3 is 23.7 Å². The minimum Gasteiger partial charge on any atom is -0.459 e. The van der Waals surface area contributed by atoms with E-state index in [0.29, 0.717) is 5.56 Å². The normalized spacial score (nSPS) is 20.5. The van der Waals surface area contributed by atoms with Crippen LogP contribution in [0.2, 0.25) is 0 Å². The van der Waals surface area contributed by atoms with Crippen LogP contribution >= 0.6 is 0 Å². The zero-order valence-electron chi connectivity index (χ0n) is 19.9. The van der Waals surface area contributed by atoms with Crippen LogP contribution in [0.4, 0.5) is 0 Å². The van der Waals surface area contributed by atoms with Gasteiger partial charge in [-0.3, -0.25) is 4.79 Å². The van der Waals surface area contributed by atoms with Crippen LogP contribution in [0.25, 0.3) is 0 Å². The Morgan fingerprint density at radius 2 is 1.05 bits per heavy atom. The molecule has 1 aliphatic rings. The van der Waals surface area contributed by atoms with Gasteiger partial charge >= 0.3 is 23.9 Å². The van der Waals surface area contributed by atoms with Gasteiger partial charge in [0.15, 0.2) is 6.10 Å². The molecule has 0 saturated carbocycles. The summed E-state index contributed by atoms with van der Waals surface area (Å²) in [6, 6.07) is 24.6. The first-order valence-corrected chi connectivity index (χ1v) is 11.5. The van der Waals surface area contributed by atoms with E-state index < -0.39 is 48.5 Å². The molecule has 190 valence electrons. The topological polar surface area (TPSA) is 114 Å². The van der Waals surface area contributed by atoms with Crippen molar-refractivity contribution in [2.24, 2.45) is 0 Å². The van der Waals surface area contributed by atoms with Crippen LogP contribution in [-0.4, -0.2) is 55.1 Å². The van der Waals surface area contributed by atoms with Crippen molar-refractivity contribution in [3.63, 3.8) is 0 Å². The molecule has 1 saturated heterocycles. The van der Waals surface area contributed by atoms with Crippen molar-refractivity contribution in [1.82, 2.24) is 0 Å². The Labute approximate surface area is 212 Å². The molecule has 4 atom stereocenters. The highest BCUT2D eigenvalue weighted by Gasteiger charge is 2.52. The number of hydrogen-bond acceptors (Lipinski definition) is 9. The molecule has 0 bridgehead atoms. The Kier molecular flexibility index (Phi) is 8.27. The molecule has 3 aromatic carbocycles. The van der Waals surface area contributed by atoms with Crippen molar-refractivity contribution < 1.29 is 42.9 Å². The fourth-order valence-corrected chi connectivity index (χ4v) is 3.70. The Morgan fingerprint density at radius 1 is 0.622 bits per heavy atom. The Hall–Kier alpha value is -4.50. The number of ether oxygens (including phenoxy) is 5. The Bertz CT molecular complexity index is 1230. The zero-order valence-corrected chi connectivity index (χ0v) is 19.9. The summed E-state index contributed by atoms with van der Waals surface area (Å²) in [6.45, 7) is 0.796. The molecule has 1 fully saturated rings. The third kappa shape index (κ3) is 6.59. The molecule has 0 amide bonds. The van der Waals surface area contributed by atoms with Crippen molar-refractivity contribution in [2.45, 2.75) is 31.5 Å². The maximum absolute atomic E-state index is 12.9. The molecule has 0 radical (unpaired) electrons. The van der Waals surface area contributed by atoms with Crippen LogP contribution in [-0.2, 0) is 28.5 Å². The van der Waals surface area contributed by atoms with E-state index in [0.717, 1.165) is 6.92 Å². The number of esters is 4. The van der Waals surface area contributed by atoms with E-state index in [4.69, 9.17) is 23.7 Å². The number of benzene rings is 3. The monoisotopic (exact) mass is 504 g/mol.